The molecule has 1 aromatic heterocycles. The number of aliphatic hydroxyl groups is 1. The number of aromatic amines is 1. The van der Waals surface area contributed by atoms with E-state index in [1.165, 1.54) is 0 Å². The first-order valence-electron chi connectivity index (χ1n) is 8.63. The average Bonchev–Trinajstić information content (AvgIpc) is 3.03. The number of aromatic nitrogens is 1. The first kappa shape index (κ1) is 16.8. The zero-order valence-corrected chi connectivity index (χ0v) is 14.4. The topological polar surface area (TPSA) is 65.6 Å². The number of likely N-dealkylation sites (N-methyl/N-ethyl adjacent to an activating group) is 1. The number of aliphatic hydroxyl groups excluding tert-OH is 1. The lowest BCUT2D eigenvalue weighted by molar-refractivity contribution is -0.132. The minimum absolute atomic E-state index is 0.145. The van der Waals surface area contributed by atoms with Crippen LogP contribution in [0, 0.1) is 5.92 Å². The van der Waals surface area contributed by atoms with E-state index in [1.54, 1.807) is 7.11 Å². The molecular formula is C19H26N2O3. The monoisotopic (exact) mass is 330 g/mol. The summed E-state index contributed by atoms with van der Waals surface area (Å²) in [6.07, 6.45) is 6.28. The van der Waals surface area contributed by atoms with Gasteiger partial charge < -0.3 is 19.7 Å². The van der Waals surface area contributed by atoms with Crippen molar-refractivity contribution in [1.29, 1.82) is 0 Å². The molecule has 1 aromatic carbocycles. The van der Waals surface area contributed by atoms with Crippen molar-refractivity contribution in [3.8, 4) is 5.75 Å². The molecule has 5 heteroatoms. The molecule has 1 saturated carbocycles. The van der Waals surface area contributed by atoms with E-state index in [0.717, 1.165) is 47.9 Å². The van der Waals surface area contributed by atoms with Crippen molar-refractivity contribution >= 4 is 16.8 Å². The molecule has 5 nitrogen and oxygen atoms in total. The second-order valence-electron chi connectivity index (χ2n) is 6.76. The number of benzene rings is 1. The third-order valence-electron chi connectivity index (χ3n) is 5.33. The van der Waals surface area contributed by atoms with Gasteiger partial charge in [0.25, 0.3) is 0 Å². The summed E-state index contributed by atoms with van der Waals surface area (Å²) in [4.78, 5) is 17.8. The van der Waals surface area contributed by atoms with Crippen LogP contribution in [0.25, 0.3) is 10.9 Å². The fourth-order valence-corrected chi connectivity index (χ4v) is 3.64. The van der Waals surface area contributed by atoms with Crippen molar-refractivity contribution in [2.45, 2.75) is 38.1 Å². The molecule has 1 aliphatic carbocycles. The average molecular weight is 330 g/mol. The van der Waals surface area contributed by atoms with Gasteiger partial charge in [0.15, 0.2) is 0 Å². The Morgan fingerprint density at radius 1 is 1.33 bits per heavy atom. The Morgan fingerprint density at radius 2 is 2.08 bits per heavy atom. The molecule has 1 fully saturated rings. The van der Waals surface area contributed by atoms with Crippen molar-refractivity contribution in [1.82, 2.24) is 9.88 Å². The van der Waals surface area contributed by atoms with Crippen LogP contribution in [0.3, 0.4) is 0 Å². The zero-order valence-electron chi connectivity index (χ0n) is 14.4. The van der Waals surface area contributed by atoms with Gasteiger partial charge in [0.1, 0.15) is 5.75 Å². The number of carbonyl (C=O) groups excluding carboxylic acids is 1. The fraction of sp³-hybridized carbons (Fsp3) is 0.526. The summed E-state index contributed by atoms with van der Waals surface area (Å²) in [5.74, 6) is 1.35. The Morgan fingerprint density at radius 3 is 2.75 bits per heavy atom. The van der Waals surface area contributed by atoms with Gasteiger partial charge in [-0.3, -0.25) is 4.79 Å². The Kier molecular flexibility index (Phi) is 5.09. The van der Waals surface area contributed by atoms with Crippen LogP contribution in [0.4, 0.5) is 0 Å². The number of hydrogen-bond acceptors (Lipinski definition) is 3. The lowest BCUT2D eigenvalue weighted by Crippen LogP contribution is -2.40. The highest BCUT2D eigenvalue weighted by molar-refractivity contribution is 5.89. The van der Waals surface area contributed by atoms with Gasteiger partial charge in [0.2, 0.25) is 5.91 Å². The van der Waals surface area contributed by atoms with Crippen molar-refractivity contribution in [3.63, 3.8) is 0 Å². The molecule has 0 saturated heterocycles. The first-order valence-corrected chi connectivity index (χ1v) is 8.63. The third-order valence-corrected chi connectivity index (χ3v) is 5.33. The van der Waals surface area contributed by atoms with Crippen LogP contribution in [0.1, 0.15) is 31.2 Å². The van der Waals surface area contributed by atoms with Gasteiger partial charge in [-0.1, -0.05) is 0 Å². The summed E-state index contributed by atoms with van der Waals surface area (Å²) in [6, 6.07) is 6.15. The lowest BCUT2D eigenvalue weighted by Gasteiger charge is -2.34. The van der Waals surface area contributed by atoms with Crippen LogP contribution in [-0.2, 0) is 11.2 Å². The first-order chi connectivity index (χ1) is 11.6. The van der Waals surface area contributed by atoms with Crippen LogP contribution in [-0.4, -0.2) is 47.7 Å². The standard InChI is InChI=1S/C19H26N2O3/c1-21(15-5-3-13(12-22)4-6-15)19(23)9-14-11-20-18-8-7-16(24-2)10-17(14)18/h7-8,10-11,13,15,20,22H,3-6,9,12H2,1-2H3. The molecule has 0 atom stereocenters. The summed E-state index contributed by atoms with van der Waals surface area (Å²) < 4.78 is 5.29. The lowest BCUT2D eigenvalue weighted by atomic mass is 9.86. The number of methoxy groups -OCH3 is 1. The van der Waals surface area contributed by atoms with Crippen LogP contribution in [0.15, 0.2) is 24.4 Å². The van der Waals surface area contributed by atoms with Gasteiger partial charge in [-0.05, 0) is 55.4 Å². The van der Waals surface area contributed by atoms with Crippen LogP contribution in [0.5, 0.6) is 5.75 Å². The molecule has 0 unspecified atom stereocenters. The number of H-pyrrole nitrogens is 1. The van der Waals surface area contributed by atoms with Gasteiger partial charge in [-0.15, -0.1) is 0 Å². The SMILES string of the molecule is COc1ccc2[nH]cc(CC(=O)N(C)C3CCC(CO)CC3)c2c1. The molecule has 0 aliphatic heterocycles. The predicted molar refractivity (Wildman–Crippen MR) is 94.2 cm³/mol. The van der Waals surface area contributed by atoms with Crippen LogP contribution >= 0.6 is 0 Å². The van der Waals surface area contributed by atoms with Crippen LogP contribution < -0.4 is 4.74 Å². The molecule has 3 rings (SSSR count). The summed E-state index contributed by atoms with van der Waals surface area (Å²) in [7, 11) is 3.55. The van der Waals surface area contributed by atoms with Crippen molar-refractivity contribution in [2.24, 2.45) is 5.92 Å². The second-order valence-corrected chi connectivity index (χ2v) is 6.76. The number of nitrogens with one attached hydrogen (secondary N) is 1. The van der Waals surface area contributed by atoms with E-state index in [2.05, 4.69) is 4.98 Å². The van der Waals surface area contributed by atoms with E-state index in [9.17, 15) is 9.90 Å². The molecule has 0 radical (unpaired) electrons. The Hall–Kier alpha value is -2.01. The van der Waals surface area contributed by atoms with Gasteiger partial charge in [0, 0.05) is 36.8 Å². The fourth-order valence-electron chi connectivity index (χ4n) is 3.64. The quantitative estimate of drug-likeness (QED) is 0.886. The van der Waals surface area contributed by atoms with Gasteiger partial charge in [-0.2, -0.15) is 0 Å². The minimum atomic E-state index is 0.145. The van der Waals surface area contributed by atoms with Gasteiger partial charge >= 0.3 is 0 Å². The Balaban J connectivity index is 1.68. The molecule has 1 amide bonds. The molecule has 1 aliphatic rings. The molecule has 1 heterocycles. The molecule has 0 bridgehead atoms. The van der Waals surface area contributed by atoms with Crippen LogP contribution in [0.2, 0.25) is 0 Å². The summed E-state index contributed by atoms with van der Waals surface area (Å²) >= 11 is 0. The Labute approximate surface area is 142 Å². The van der Waals surface area contributed by atoms with E-state index < -0.39 is 0 Å². The summed E-state index contributed by atoms with van der Waals surface area (Å²) in [5.41, 5.74) is 2.02. The smallest absolute Gasteiger partial charge is 0.227 e. The Bertz CT molecular complexity index is 702. The molecular weight excluding hydrogens is 304 g/mol. The number of nitrogens with zero attached hydrogens (tertiary/aromatic N) is 1. The van der Waals surface area contributed by atoms with E-state index in [1.807, 2.05) is 36.3 Å². The maximum Gasteiger partial charge on any atom is 0.227 e. The highest BCUT2D eigenvalue weighted by atomic mass is 16.5. The van der Waals surface area contributed by atoms with E-state index in [0.29, 0.717) is 18.4 Å². The zero-order chi connectivity index (χ0) is 17.1. The molecule has 24 heavy (non-hydrogen) atoms. The highest BCUT2D eigenvalue weighted by Crippen LogP contribution is 2.28. The number of fused-ring (bicyclic) bond motifs is 1. The number of ether oxygens (including phenoxy) is 1. The molecule has 130 valence electrons. The summed E-state index contributed by atoms with van der Waals surface area (Å²) in [6.45, 7) is 0.265. The van der Waals surface area contributed by atoms with E-state index >= 15 is 0 Å². The molecule has 2 aromatic rings. The third kappa shape index (κ3) is 3.41. The largest absolute Gasteiger partial charge is 0.497 e. The van der Waals surface area contributed by atoms with E-state index in [-0.39, 0.29) is 12.5 Å². The van der Waals surface area contributed by atoms with E-state index in [4.69, 9.17) is 4.74 Å². The molecule has 0 spiro atoms. The number of hydrogen-bond donors (Lipinski definition) is 2. The summed E-state index contributed by atoms with van der Waals surface area (Å²) in [5, 5.41) is 10.3. The number of rotatable bonds is 5. The maximum atomic E-state index is 12.7. The second kappa shape index (κ2) is 7.26. The number of carbonyl (C=O) groups is 1. The van der Waals surface area contributed by atoms with Gasteiger partial charge in [0.05, 0.1) is 13.5 Å². The highest BCUT2D eigenvalue weighted by Gasteiger charge is 2.26. The molecule has 2 N–H and O–H groups in total. The normalized spacial score (nSPS) is 21.0. The van der Waals surface area contributed by atoms with Crippen molar-refractivity contribution in [3.05, 3.63) is 30.0 Å². The maximum absolute atomic E-state index is 12.7. The minimum Gasteiger partial charge on any atom is -0.497 e. The van der Waals surface area contributed by atoms with Crippen molar-refractivity contribution < 1.29 is 14.6 Å². The predicted octanol–water partition coefficient (Wildman–Crippen LogP) is 2.73. The number of amides is 1. The van der Waals surface area contributed by atoms with Crippen molar-refractivity contribution in [2.75, 3.05) is 20.8 Å². The van der Waals surface area contributed by atoms with Gasteiger partial charge in [-0.25, -0.2) is 0 Å².